The lowest BCUT2D eigenvalue weighted by molar-refractivity contribution is 0.122. The first kappa shape index (κ1) is 19.9. The van der Waals surface area contributed by atoms with E-state index in [9.17, 15) is 4.79 Å². The monoisotopic (exact) mass is 444 g/mol. The Kier molecular flexibility index (Phi) is 5.28. The standard InChI is InChI=1S/C19H21ClN8O3/c20-18-24-14-16(27-3-5-31-6-4-27)25-15(26-17(14)28(18)10-11-1-2-11)12-7-21-13(22-8-12)9-23-19(29)30/h7-8,11,23H,1-6,9-10H2,(H,29,30). The largest absolute Gasteiger partial charge is 0.465 e. The van der Waals surface area contributed by atoms with E-state index in [1.165, 1.54) is 12.8 Å². The van der Waals surface area contributed by atoms with Crippen molar-refractivity contribution in [2.45, 2.75) is 25.9 Å². The molecule has 1 saturated heterocycles. The van der Waals surface area contributed by atoms with Crippen LogP contribution in [0.15, 0.2) is 12.4 Å². The van der Waals surface area contributed by atoms with Crippen LogP contribution in [-0.4, -0.2) is 67.0 Å². The molecule has 162 valence electrons. The molecule has 5 rings (SSSR count). The molecule has 0 spiro atoms. The highest BCUT2D eigenvalue weighted by Gasteiger charge is 2.27. The zero-order chi connectivity index (χ0) is 21.4. The fraction of sp³-hybridized carbons (Fsp3) is 0.474. The average Bonchev–Trinajstić information content (AvgIpc) is 3.56. The van der Waals surface area contributed by atoms with Crippen molar-refractivity contribution in [1.82, 2.24) is 34.8 Å². The van der Waals surface area contributed by atoms with Crippen molar-refractivity contribution in [3.8, 4) is 11.4 Å². The molecule has 31 heavy (non-hydrogen) atoms. The van der Waals surface area contributed by atoms with E-state index in [0.29, 0.717) is 65.9 Å². The topological polar surface area (TPSA) is 131 Å². The predicted octanol–water partition coefficient (Wildman–Crippen LogP) is 1.95. The molecule has 1 aliphatic heterocycles. The SMILES string of the molecule is O=C(O)NCc1ncc(-c2nc(N3CCOCC3)c3nc(Cl)n(CC4CC4)c3n2)cn1. The van der Waals surface area contributed by atoms with Gasteiger partial charge in [0.15, 0.2) is 22.8 Å². The first-order valence-electron chi connectivity index (χ1n) is 10.1. The number of nitrogens with one attached hydrogen (secondary N) is 1. The van der Waals surface area contributed by atoms with Gasteiger partial charge in [0.05, 0.1) is 25.3 Å². The molecular formula is C19H21ClN8O3. The second kappa shape index (κ2) is 8.23. The number of fused-ring (bicyclic) bond motifs is 1. The van der Waals surface area contributed by atoms with Crippen LogP contribution >= 0.6 is 11.6 Å². The summed E-state index contributed by atoms with van der Waals surface area (Å²) in [5.41, 5.74) is 2.00. The number of carbonyl (C=O) groups is 1. The van der Waals surface area contributed by atoms with Crippen LogP contribution in [0.1, 0.15) is 18.7 Å². The number of hydrogen-bond donors (Lipinski definition) is 2. The lowest BCUT2D eigenvalue weighted by Crippen LogP contribution is -2.37. The Balaban J connectivity index is 1.56. The number of morpholine rings is 1. The third kappa shape index (κ3) is 4.23. The van der Waals surface area contributed by atoms with E-state index >= 15 is 0 Å². The molecule has 0 aromatic carbocycles. The molecule has 2 N–H and O–H groups in total. The predicted molar refractivity (Wildman–Crippen MR) is 112 cm³/mol. The van der Waals surface area contributed by atoms with Gasteiger partial charge in [-0.25, -0.2) is 29.7 Å². The van der Waals surface area contributed by atoms with Crippen molar-refractivity contribution in [2.24, 2.45) is 5.92 Å². The molecule has 1 aliphatic carbocycles. The highest BCUT2D eigenvalue weighted by atomic mass is 35.5. The maximum absolute atomic E-state index is 10.7. The maximum Gasteiger partial charge on any atom is 0.405 e. The fourth-order valence-corrected chi connectivity index (χ4v) is 3.75. The van der Waals surface area contributed by atoms with Crippen LogP contribution in [0, 0.1) is 5.92 Å². The van der Waals surface area contributed by atoms with Crippen molar-refractivity contribution < 1.29 is 14.6 Å². The third-order valence-electron chi connectivity index (χ3n) is 5.34. The molecule has 0 bridgehead atoms. The van der Waals surface area contributed by atoms with Gasteiger partial charge in [0.1, 0.15) is 5.82 Å². The first-order chi connectivity index (χ1) is 15.1. The van der Waals surface area contributed by atoms with Crippen LogP contribution in [0.5, 0.6) is 0 Å². The number of halogens is 1. The summed E-state index contributed by atoms with van der Waals surface area (Å²) in [5, 5.41) is 11.4. The second-order valence-electron chi connectivity index (χ2n) is 7.62. The molecule has 12 heteroatoms. The van der Waals surface area contributed by atoms with Gasteiger partial charge >= 0.3 is 6.09 Å². The third-order valence-corrected chi connectivity index (χ3v) is 5.63. The molecule has 3 aromatic heterocycles. The maximum atomic E-state index is 10.7. The lowest BCUT2D eigenvalue weighted by atomic mass is 10.3. The van der Waals surface area contributed by atoms with Crippen molar-refractivity contribution >= 4 is 34.7 Å². The van der Waals surface area contributed by atoms with E-state index in [-0.39, 0.29) is 6.54 Å². The van der Waals surface area contributed by atoms with E-state index < -0.39 is 6.09 Å². The van der Waals surface area contributed by atoms with Crippen molar-refractivity contribution in [3.05, 3.63) is 23.5 Å². The molecule has 2 aliphatic rings. The van der Waals surface area contributed by atoms with Crippen LogP contribution in [0.2, 0.25) is 5.28 Å². The van der Waals surface area contributed by atoms with Gasteiger partial charge in [-0.1, -0.05) is 0 Å². The summed E-state index contributed by atoms with van der Waals surface area (Å²) in [4.78, 5) is 35.4. The van der Waals surface area contributed by atoms with Gasteiger partial charge in [-0.05, 0) is 30.4 Å². The van der Waals surface area contributed by atoms with Crippen LogP contribution < -0.4 is 10.2 Å². The molecular weight excluding hydrogens is 424 g/mol. The lowest BCUT2D eigenvalue weighted by Gasteiger charge is -2.28. The van der Waals surface area contributed by atoms with E-state index in [1.54, 1.807) is 12.4 Å². The summed E-state index contributed by atoms with van der Waals surface area (Å²) in [7, 11) is 0. The van der Waals surface area contributed by atoms with Gasteiger partial charge in [-0.15, -0.1) is 0 Å². The molecule has 2 fully saturated rings. The Labute approximate surface area is 182 Å². The van der Waals surface area contributed by atoms with Crippen molar-refractivity contribution in [3.63, 3.8) is 0 Å². The number of amides is 1. The molecule has 0 unspecified atom stereocenters. The number of ether oxygens (including phenoxy) is 1. The zero-order valence-corrected chi connectivity index (χ0v) is 17.4. The van der Waals surface area contributed by atoms with Crippen LogP contribution in [-0.2, 0) is 17.8 Å². The second-order valence-corrected chi connectivity index (χ2v) is 7.96. The van der Waals surface area contributed by atoms with Crippen molar-refractivity contribution in [1.29, 1.82) is 0 Å². The van der Waals surface area contributed by atoms with Crippen LogP contribution in [0.25, 0.3) is 22.6 Å². The number of aromatic nitrogens is 6. The Hall–Kier alpha value is -3.05. The van der Waals surface area contributed by atoms with E-state index in [0.717, 1.165) is 12.4 Å². The highest BCUT2D eigenvalue weighted by molar-refractivity contribution is 6.29. The molecule has 3 aromatic rings. The summed E-state index contributed by atoms with van der Waals surface area (Å²) in [6, 6.07) is 0. The summed E-state index contributed by atoms with van der Waals surface area (Å²) >= 11 is 6.49. The Morgan fingerprint density at radius 1 is 1.19 bits per heavy atom. The number of nitrogens with zero attached hydrogens (tertiary/aromatic N) is 7. The summed E-state index contributed by atoms with van der Waals surface area (Å²) < 4.78 is 7.44. The average molecular weight is 445 g/mol. The minimum Gasteiger partial charge on any atom is -0.465 e. The minimum atomic E-state index is -1.13. The van der Waals surface area contributed by atoms with Crippen LogP contribution in [0.4, 0.5) is 10.6 Å². The normalized spacial score (nSPS) is 16.6. The van der Waals surface area contributed by atoms with Gasteiger partial charge in [0.2, 0.25) is 5.28 Å². The Morgan fingerprint density at radius 3 is 2.61 bits per heavy atom. The first-order valence-corrected chi connectivity index (χ1v) is 10.5. The smallest absolute Gasteiger partial charge is 0.405 e. The van der Waals surface area contributed by atoms with Gasteiger partial charge in [-0.2, -0.15) is 0 Å². The summed E-state index contributed by atoms with van der Waals surface area (Å²) in [6.07, 6.45) is 4.43. The van der Waals surface area contributed by atoms with Gasteiger partial charge < -0.3 is 20.1 Å². The summed E-state index contributed by atoms with van der Waals surface area (Å²) in [5.74, 6) is 2.16. The molecule has 1 amide bonds. The van der Waals surface area contributed by atoms with Gasteiger partial charge in [0.25, 0.3) is 0 Å². The Bertz CT molecular complexity index is 1110. The number of hydrogen-bond acceptors (Lipinski definition) is 8. The molecule has 11 nitrogen and oxygen atoms in total. The Morgan fingerprint density at radius 2 is 1.94 bits per heavy atom. The van der Waals surface area contributed by atoms with E-state index in [2.05, 4.69) is 25.2 Å². The molecule has 0 radical (unpaired) electrons. The number of carboxylic acid groups (broad SMARTS) is 1. The van der Waals surface area contributed by atoms with Crippen molar-refractivity contribution in [2.75, 3.05) is 31.2 Å². The number of imidazole rings is 1. The molecule has 1 saturated carbocycles. The van der Waals surface area contributed by atoms with Crippen LogP contribution in [0.3, 0.4) is 0 Å². The van der Waals surface area contributed by atoms with Gasteiger partial charge in [0, 0.05) is 32.0 Å². The number of rotatable bonds is 6. The zero-order valence-electron chi connectivity index (χ0n) is 16.7. The number of anilines is 1. The quantitative estimate of drug-likeness (QED) is 0.547. The minimum absolute atomic E-state index is 0.0261. The molecule has 4 heterocycles. The highest BCUT2D eigenvalue weighted by Crippen LogP contribution is 2.35. The van der Waals surface area contributed by atoms with E-state index in [1.807, 2.05) is 4.57 Å². The fourth-order valence-electron chi connectivity index (χ4n) is 3.52. The van der Waals surface area contributed by atoms with E-state index in [4.69, 9.17) is 31.4 Å². The van der Waals surface area contributed by atoms with Gasteiger partial charge in [-0.3, -0.25) is 4.57 Å². The molecule has 0 atom stereocenters. The summed E-state index contributed by atoms with van der Waals surface area (Å²) in [6.45, 7) is 3.45.